The number of benzene rings is 3. The van der Waals surface area contributed by atoms with E-state index in [4.69, 9.17) is 4.74 Å². The summed E-state index contributed by atoms with van der Waals surface area (Å²) in [6.07, 6.45) is -2.53. The van der Waals surface area contributed by atoms with Crippen molar-refractivity contribution in [3.05, 3.63) is 101 Å². The van der Waals surface area contributed by atoms with Crippen molar-refractivity contribution in [1.82, 2.24) is 0 Å². The molecule has 1 fully saturated rings. The number of ether oxygens (including phenoxy) is 1. The molecule has 0 bridgehead atoms. The van der Waals surface area contributed by atoms with E-state index in [0.29, 0.717) is 22.7 Å². The van der Waals surface area contributed by atoms with E-state index in [9.17, 15) is 18.0 Å². The normalized spacial score (nSPS) is 17.7. The summed E-state index contributed by atoms with van der Waals surface area (Å²) in [6.45, 7) is 0. The Morgan fingerprint density at radius 2 is 1.53 bits per heavy atom. The van der Waals surface area contributed by atoms with Gasteiger partial charge in [0, 0.05) is 11.4 Å². The summed E-state index contributed by atoms with van der Waals surface area (Å²) in [7, 11) is 1.56. The highest BCUT2D eigenvalue weighted by Gasteiger charge is 2.44. The number of rotatable bonds is 4. The van der Waals surface area contributed by atoms with E-state index in [1.807, 2.05) is 36.4 Å². The number of halogens is 3. The molecule has 3 nitrogen and oxygen atoms in total. The number of methoxy groups -OCH3 is 1. The van der Waals surface area contributed by atoms with Gasteiger partial charge in [0.05, 0.1) is 12.7 Å². The van der Waals surface area contributed by atoms with E-state index in [0.717, 1.165) is 17.7 Å². The lowest BCUT2D eigenvalue weighted by Crippen LogP contribution is -2.48. The van der Waals surface area contributed by atoms with Gasteiger partial charge in [0.15, 0.2) is 0 Å². The zero-order valence-electron chi connectivity index (χ0n) is 16.1. The van der Waals surface area contributed by atoms with Gasteiger partial charge in [-0.15, -0.1) is 0 Å². The second-order valence-electron chi connectivity index (χ2n) is 6.90. The number of hydrogen-bond acceptors (Lipinski definition) is 2. The second kappa shape index (κ2) is 7.71. The Kier molecular flexibility index (Phi) is 5.08. The van der Waals surface area contributed by atoms with Crippen LogP contribution in [-0.4, -0.2) is 13.0 Å². The molecule has 1 heterocycles. The zero-order chi connectivity index (χ0) is 21.3. The lowest BCUT2D eigenvalue weighted by molar-refractivity contribution is -0.137. The fourth-order valence-electron chi connectivity index (χ4n) is 3.50. The Balaban J connectivity index is 1.72. The molecular formula is C24H18F3NO2. The van der Waals surface area contributed by atoms with Crippen molar-refractivity contribution in [2.24, 2.45) is 0 Å². The molecular weight excluding hydrogens is 391 g/mol. The number of carbonyl (C=O) groups excluding carboxylic acids is 1. The fraction of sp³-hybridized carbons (Fsp3) is 0.125. The van der Waals surface area contributed by atoms with Crippen LogP contribution in [0.15, 0.2) is 84.6 Å². The van der Waals surface area contributed by atoms with Crippen LogP contribution in [0.4, 0.5) is 18.9 Å². The minimum Gasteiger partial charge on any atom is -0.497 e. The van der Waals surface area contributed by atoms with Crippen molar-refractivity contribution in [3.63, 3.8) is 0 Å². The first kappa shape index (κ1) is 19.8. The molecule has 152 valence electrons. The average molecular weight is 409 g/mol. The molecule has 6 heteroatoms. The topological polar surface area (TPSA) is 29.5 Å². The first-order valence-corrected chi connectivity index (χ1v) is 9.30. The third-order valence-electron chi connectivity index (χ3n) is 5.04. The SMILES string of the molecule is COc1ccc(N2C(=O)C(c3ccc(C(F)(F)F)cc3)/C2=C\c2ccccc2)cc1. The summed E-state index contributed by atoms with van der Waals surface area (Å²) < 4.78 is 43.9. The van der Waals surface area contributed by atoms with Crippen LogP contribution in [0, 0.1) is 0 Å². The number of anilines is 1. The smallest absolute Gasteiger partial charge is 0.416 e. The van der Waals surface area contributed by atoms with Crippen LogP contribution >= 0.6 is 0 Å². The van der Waals surface area contributed by atoms with E-state index in [1.54, 1.807) is 36.3 Å². The molecule has 0 saturated carbocycles. The third kappa shape index (κ3) is 3.68. The zero-order valence-corrected chi connectivity index (χ0v) is 16.1. The number of hydrogen-bond donors (Lipinski definition) is 0. The van der Waals surface area contributed by atoms with Crippen LogP contribution in [0.2, 0.25) is 0 Å². The predicted octanol–water partition coefficient (Wildman–Crippen LogP) is 5.89. The molecule has 1 aliphatic heterocycles. The average Bonchev–Trinajstić information content (AvgIpc) is 2.74. The molecule has 3 aromatic carbocycles. The van der Waals surface area contributed by atoms with Gasteiger partial charge in [0.25, 0.3) is 0 Å². The summed E-state index contributed by atoms with van der Waals surface area (Å²) in [5.41, 5.74) is 2.07. The summed E-state index contributed by atoms with van der Waals surface area (Å²) >= 11 is 0. The highest BCUT2D eigenvalue weighted by Crippen LogP contribution is 2.44. The van der Waals surface area contributed by atoms with Gasteiger partial charge in [-0.05, 0) is 53.6 Å². The number of alkyl halides is 3. The molecule has 0 radical (unpaired) electrons. The minimum atomic E-state index is -4.42. The van der Waals surface area contributed by atoms with Crippen molar-refractivity contribution >= 4 is 17.7 Å². The van der Waals surface area contributed by atoms with Gasteiger partial charge in [0.1, 0.15) is 11.7 Å². The number of carbonyl (C=O) groups is 1. The van der Waals surface area contributed by atoms with Gasteiger partial charge < -0.3 is 4.74 Å². The highest BCUT2D eigenvalue weighted by molar-refractivity contribution is 6.13. The van der Waals surface area contributed by atoms with Crippen molar-refractivity contribution in [2.75, 3.05) is 12.0 Å². The van der Waals surface area contributed by atoms with Crippen LogP contribution in [0.25, 0.3) is 6.08 Å². The molecule has 30 heavy (non-hydrogen) atoms. The lowest BCUT2D eigenvalue weighted by atomic mass is 9.84. The number of β-lactam (4-membered cyclic amide) rings is 1. The van der Waals surface area contributed by atoms with Crippen molar-refractivity contribution in [2.45, 2.75) is 12.1 Å². The quantitative estimate of drug-likeness (QED) is 0.503. The van der Waals surface area contributed by atoms with Gasteiger partial charge in [-0.1, -0.05) is 42.5 Å². The first-order valence-electron chi connectivity index (χ1n) is 9.30. The molecule has 1 aliphatic rings. The Morgan fingerprint density at radius 3 is 2.10 bits per heavy atom. The Morgan fingerprint density at radius 1 is 0.900 bits per heavy atom. The standard InChI is InChI=1S/C24H18F3NO2/c1-30-20-13-11-19(12-14-20)28-21(15-16-5-3-2-4-6-16)22(23(28)29)17-7-9-18(10-8-17)24(25,26)27/h2-15,22H,1H3/b21-15+. The summed E-state index contributed by atoms with van der Waals surface area (Å²) in [5.74, 6) is -0.156. The van der Waals surface area contributed by atoms with E-state index in [-0.39, 0.29) is 5.91 Å². The van der Waals surface area contributed by atoms with Gasteiger partial charge in [0.2, 0.25) is 5.91 Å². The maximum Gasteiger partial charge on any atom is 0.416 e. The molecule has 1 amide bonds. The largest absolute Gasteiger partial charge is 0.497 e. The molecule has 4 rings (SSSR count). The number of nitrogens with zero attached hydrogens (tertiary/aromatic N) is 1. The van der Waals surface area contributed by atoms with E-state index < -0.39 is 17.7 Å². The maximum absolute atomic E-state index is 13.0. The molecule has 0 N–H and O–H groups in total. The van der Waals surface area contributed by atoms with Gasteiger partial charge in [-0.25, -0.2) is 0 Å². The molecule has 1 atom stereocenters. The van der Waals surface area contributed by atoms with E-state index in [2.05, 4.69) is 0 Å². The van der Waals surface area contributed by atoms with E-state index in [1.165, 1.54) is 12.1 Å². The monoisotopic (exact) mass is 409 g/mol. The maximum atomic E-state index is 13.0. The summed E-state index contributed by atoms with van der Waals surface area (Å²) in [4.78, 5) is 14.6. The first-order chi connectivity index (χ1) is 14.4. The highest BCUT2D eigenvalue weighted by atomic mass is 19.4. The molecule has 1 unspecified atom stereocenters. The number of amides is 1. The Hall–Kier alpha value is -3.54. The second-order valence-corrected chi connectivity index (χ2v) is 6.90. The van der Waals surface area contributed by atoms with Crippen molar-refractivity contribution in [3.8, 4) is 5.75 Å². The van der Waals surface area contributed by atoms with Gasteiger partial charge >= 0.3 is 6.18 Å². The molecule has 3 aromatic rings. The van der Waals surface area contributed by atoms with E-state index >= 15 is 0 Å². The van der Waals surface area contributed by atoms with Crippen LogP contribution in [-0.2, 0) is 11.0 Å². The predicted molar refractivity (Wildman–Crippen MR) is 109 cm³/mol. The summed E-state index contributed by atoms with van der Waals surface area (Å²) in [5, 5.41) is 0. The Bertz CT molecular complexity index is 1070. The molecule has 0 aromatic heterocycles. The third-order valence-corrected chi connectivity index (χ3v) is 5.04. The van der Waals surface area contributed by atoms with Crippen LogP contribution in [0.1, 0.15) is 22.6 Å². The molecule has 0 aliphatic carbocycles. The van der Waals surface area contributed by atoms with Crippen LogP contribution < -0.4 is 9.64 Å². The van der Waals surface area contributed by atoms with Crippen LogP contribution in [0.3, 0.4) is 0 Å². The lowest BCUT2D eigenvalue weighted by Gasteiger charge is -2.42. The van der Waals surface area contributed by atoms with Crippen molar-refractivity contribution in [1.29, 1.82) is 0 Å². The Labute approximate surface area is 172 Å². The van der Waals surface area contributed by atoms with Crippen molar-refractivity contribution < 1.29 is 22.7 Å². The fourth-order valence-corrected chi connectivity index (χ4v) is 3.50. The molecule has 0 spiro atoms. The summed E-state index contributed by atoms with van der Waals surface area (Å²) in [6, 6.07) is 21.3. The van der Waals surface area contributed by atoms with Gasteiger partial charge in [-0.3, -0.25) is 9.69 Å². The van der Waals surface area contributed by atoms with Crippen LogP contribution in [0.5, 0.6) is 5.75 Å². The molecule has 1 saturated heterocycles. The van der Waals surface area contributed by atoms with Gasteiger partial charge in [-0.2, -0.15) is 13.2 Å². The minimum absolute atomic E-state index is 0.192.